The molecule has 6 heteroatoms. The zero-order valence-corrected chi connectivity index (χ0v) is 12.4. The summed E-state index contributed by atoms with van der Waals surface area (Å²) in [6, 6.07) is 1.45. The van der Waals surface area contributed by atoms with E-state index in [2.05, 4.69) is 23.8 Å². The molecule has 0 radical (unpaired) electrons. The largest absolute Gasteiger partial charge is 0.467 e. The SMILES string of the molecule is COC(=O)C1COCCN1c1cc(C)nc(C(C)C)n1. The summed E-state index contributed by atoms with van der Waals surface area (Å²) >= 11 is 0. The van der Waals surface area contributed by atoms with Gasteiger partial charge in [-0.3, -0.25) is 0 Å². The Labute approximate surface area is 119 Å². The lowest BCUT2D eigenvalue weighted by molar-refractivity contribution is -0.144. The van der Waals surface area contributed by atoms with Crippen LogP contribution in [0.2, 0.25) is 0 Å². The summed E-state index contributed by atoms with van der Waals surface area (Å²) < 4.78 is 10.2. The molecule has 0 aliphatic carbocycles. The van der Waals surface area contributed by atoms with Gasteiger partial charge in [-0.2, -0.15) is 0 Å². The van der Waals surface area contributed by atoms with Crippen LogP contribution in [0.4, 0.5) is 5.82 Å². The maximum absolute atomic E-state index is 11.9. The van der Waals surface area contributed by atoms with E-state index in [0.717, 1.165) is 17.3 Å². The molecule has 1 aromatic heterocycles. The number of aromatic nitrogens is 2. The molecule has 110 valence electrons. The number of esters is 1. The molecule has 1 aliphatic heterocycles. The molecule has 2 heterocycles. The van der Waals surface area contributed by atoms with Crippen molar-refractivity contribution in [3.63, 3.8) is 0 Å². The Kier molecular flexibility index (Phi) is 4.54. The number of hydrogen-bond donors (Lipinski definition) is 0. The Morgan fingerprint density at radius 3 is 2.90 bits per heavy atom. The fourth-order valence-corrected chi connectivity index (χ4v) is 2.19. The van der Waals surface area contributed by atoms with Gasteiger partial charge in [-0.1, -0.05) is 13.8 Å². The van der Waals surface area contributed by atoms with Gasteiger partial charge < -0.3 is 14.4 Å². The Morgan fingerprint density at radius 2 is 2.25 bits per heavy atom. The molecule has 1 atom stereocenters. The third-order valence-electron chi connectivity index (χ3n) is 3.27. The van der Waals surface area contributed by atoms with Crippen molar-refractivity contribution in [3.8, 4) is 0 Å². The molecule has 20 heavy (non-hydrogen) atoms. The topological polar surface area (TPSA) is 64.6 Å². The van der Waals surface area contributed by atoms with Crippen LogP contribution in [-0.4, -0.2) is 48.8 Å². The Balaban J connectivity index is 2.34. The Bertz CT molecular complexity index is 491. The molecule has 0 saturated carbocycles. The van der Waals surface area contributed by atoms with Gasteiger partial charge in [0.25, 0.3) is 0 Å². The lowest BCUT2D eigenvalue weighted by atomic mass is 10.2. The number of aryl methyl sites for hydroxylation is 1. The molecule has 1 fully saturated rings. The minimum atomic E-state index is -0.442. The van der Waals surface area contributed by atoms with Crippen molar-refractivity contribution < 1.29 is 14.3 Å². The van der Waals surface area contributed by atoms with Crippen LogP contribution >= 0.6 is 0 Å². The number of nitrogens with zero attached hydrogens (tertiary/aromatic N) is 3. The van der Waals surface area contributed by atoms with E-state index in [9.17, 15) is 4.79 Å². The number of carbonyl (C=O) groups excluding carboxylic acids is 1. The Morgan fingerprint density at radius 1 is 1.50 bits per heavy atom. The predicted molar refractivity (Wildman–Crippen MR) is 74.8 cm³/mol. The van der Waals surface area contributed by atoms with Gasteiger partial charge >= 0.3 is 5.97 Å². The van der Waals surface area contributed by atoms with Crippen molar-refractivity contribution >= 4 is 11.8 Å². The second-order valence-electron chi connectivity index (χ2n) is 5.19. The fourth-order valence-electron chi connectivity index (χ4n) is 2.19. The average Bonchev–Trinajstić information content (AvgIpc) is 2.45. The number of rotatable bonds is 3. The molecule has 0 aromatic carbocycles. The summed E-state index contributed by atoms with van der Waals surface area (Å²) in [5, 5.41) is 0. The van der Waals surface area contributed by atoms with Crippen molar-refractivity contribution in [2.75, 3.05) is 31.8 Å². The van der Waals surface area contributed by atoms with Crippen molar-refractivity contribution in [2.45, 2.75) is 32.7 Å². The lowest BCUT2D eigenvalue weighted by Crippen LogP contribution is -2.51. The van der Waals surface area contributed by atoms with E-state index in [1.54, 1.807) is 0 Å². The molecule has 1 aromatic rings. The molecule has 1 aliphatic rings. The molecule has 0 amide bonds. The van der Waals surface area contributed by atoms with Gasteiger partial charge in [-0.15, -0.1) is 0 Å². The second-order valence-corrected chi connectivity index (χ2v) is 5.19. The van der Waals surface area contributed by atoms with E-state index >= 15 is 0 Å². The fraction of sp³-hybridized carbons (Fsp3) is 0.643. The highest BCUT2D eigenvalue weighted by atomic mass is 16.5. The third-order valence-corrected chi connectivity index (χ3v) is 3.27. The molecule has 1 saturated heterocycles. The normalized spacial score (nSPS) is 19.2. The van der Waals surface area contributed by atoms with Crippen LogP contribution in [0.3, 0.4) is 0 Å². The highest BCUT2D eigenvalue weighted by molar-refractivity contribution is 5.80. The van der Waals surface area contributed by atoms with E-state index in [-0.39, 0.29) is 11.9 Å². The van der Waals surface area contributed by atoms with Gasteiger partial charge in [-0.25, -0.2) is 14.8 Å². The van der Waals surface area contributed by atoms with E-state index < -0.39 is 6.04 Å². The zero-order chi connectivity index (χ0) is 14.7. The summed E-state index contributed by atoms with van der Waals surface area (Å²) in [6.07, 6.45) is 0. The first-order valence-corrected chi connectivity index (χ1v) is 6.80. The summed E-state index contributed by atoms with van der Waals surface area (Å²) in [5.41, 5.74) is 0.897. The van der Waals surface area contributed by atoms with Crippen LogP contribution in [0.15, 0.2) is 6.07 Å². The molecule has 6 nitrogen and oxygen atoms in total. The molecular formula is C14H21N3O3. The molecule has 1 unspecified atom stereocenters. The number of anilines is 1. The van der Waals surface area contributed by atoms with E-state index in [0.29, 0.717) is 19.8 Å². The van der Waals surface area contributed by atoms with E-state index in [1.165, 1.54) is 7.11 Å². The predicted octanol–water partition coefficient (Wildman–Crippen LogP) is 1.29. The minimum Gasteiger partial charge on any atom is -0.467 e. The van der Waals surface area contributed by atoms with Crippen LogP contribution < -0.4 is 4.90 Å². The summed E-state index contributed by atoms with van der Waals surface area (Å²) in [7, 11) is 1.39. The van der Waals surface area contributed by atoms with Crippen molar-refractivity contribution in [1.82, 2.24) is 9.97 Å². The zero-order valence-electron chi connectivity index (χ0n) is 12.4. The second kappa shape index (κ2) is 6.17. The quantitative estimate of drug-likeness (QED) is 0.777. The summed E-state index contributed by atoms with van der Waals surface area (Å²) in [5.74, 6) is 1.49. The molecular weight excluding hydrogens is 258 g/mol. The lowest BCUT2D eigenvalue weighted by Gasteiger charge is -2.34. The standard InChI is InChI=1S/C14H21N3O3/c1-9(2)13-15-10(3)7-12(16-13)17-5-6-20-8-11(17)14(18)19-4/h7,9,11H,5-6,8H2,1-4H3. The van der Waals surface area contributed by atoms with E-state index in [4.69, 9.17) is 9.47 Å². The maximum Gasteiger partial charge on any atom is 0.330 e. The molecule has 0 spiro atoms. The van der Waals surface area contributed by atoms with Gasteiger partial charge in [0.05, 0.1) is 20.3 Å². The van der Waals surface area contributed by atoms with Gasteiger partial charge in [-0.05, 0) is 6.92 Å². The summed E-state index contributed by atoms with van der Waals surface area (Å²) in [4.78, 5) is 22.8. The number of hydrogen-bond acceptors (Lipinski definition) is 6. The molecule has 0 bridgehead atoms. The van der Waals surface area contributed by atoms with Crippen LogP contribution in [-0.2, 0) is 14.3 Å². The van der Waals surface area contributed by atoms with Crippen molar-refractivity contribution in [2.24, 2.45) is 0 Å². The smallest absolute Gasteiger partial charge is 0.330 e. The van der Waals surface area contributed by atoms with Gasteiger partial charge in [0.2, 0.25) is 0 Å². The number of carbonyl (C=O) groups is 1. The first kappa shape index (κ1) is 14.7. The molecule has 2 rings (SSSR count). The number of morpholine rings is 1. The van der Waals surface area contributed by atoms with E-state index in [1.807, 2.05) is 17.9 Å². The van der Waals surface area contributed by atoms with Crippen molar-refractivity contribution in [1.29, 1.82) is 0 Å². The highest BCUT2D eigenvalue weighted by Gasteiger charge is 2.31. The Hall–Kier alpha value is -1.69. The van der Waals surface area contributed by atoms with Crippen LogP contribution in [0.5, 0.6) is 0 Å². The third kappa shape index (κ3) is 3.07. The number of ether oxygens (including phenoxy) is 2. The van der Waals surface area contributed by atoms with Crippen LogP contribution in [0.1, 0.15) is 31.3 Å². The van der Waals surface area contributed by atoms with Gasteiger partial charge in [0.15, 0.2) is 6.04 Å². The monoisotopic (exact) mass is 279 g/mol. The minimum absolute atomic E-state index is 0.242. The van der Waals surface area contributed by atoms with Gasteiger partial charge in [0.1, 0.15) is 11.6 Å². The van der Waals surface area contributed by atoms with Crippen LogP contribution in [0.25, 0.3) is 0 Å². The first-order valence-electron chi connectivity index (χ1n) is 6.80. The van der Waals surface area contributed by atoms with Gasteiger partial charge in [0, 0.05) is 24.2 Å². The first-order chi connectivity index (χ1) is 9.52. The molecule has 0 N–H and O–H groups in total. The van der Waals surface area contributed by atoms with Crippen LogP contribution in [0, 0.1) is 6.92 Å². The summed E-state index contributed by atoms with van der Waals surface area (Å²) in [6.45, 7) is 7.56. The van der Waals surface area contributed by atoms with Crippen molar-refractivity contribution in [3.05, 3.63) is 17.6 Å². The maximum atomic E-state index is 11.9. The highest BCUT2D eigenvalue weighted by Crippen LogP contribution is 2.21. The average molecular weight is 279 g/mol. The number of methoxy groups -OCH3 is 1.